The van der Waals surface area contributed by atoms with Crippen molar-refractivity contribution in [1.29, 1.82) is 0 Å². The number of aliphatic imine (C=N–C) groups is 1. The Kier molecular flexibility index (Phi) is 6.54. The molecule has 36 heavy (non-hydrogen) atoms. The van der Waals surface area contributed by atoms with Crippen LogP contribution in [0.25, 0.3) is 28.1 Å². The van der Waals surface area contributed by atoms with Gasteiger partial charge in [0.25, 0.3) is 0 Å². The van der Waals surface area contributed by atoms with Crippen LogP contribution in [-0.4, -0.2) is 41.8 Å². The van der Waals surface area contributed by atoms with Crippen LogP contribution in [0.15, 0.2) is 105 Å². The summed E-state index contributed by atoms with van der Waals surface area (Å²) in [5, 5.41) is 5.78. The fraction of sp³-hybridized carbons (Fsp3) is 0.143. The molecule has 0 spiro atoms. The average Bonchev–Trinajstić information content (AvgIpc) is 3.53. The van der Waals surface area contributed by atoms with E-state index in [0.717, 1.165) is 22.2 Å². The molecule has 0 aliphatic carbocycles. The second kappa shape index (κ2) is 9.93. The number of fused-ring (bicyclic) bond motifs is 1. The van der Waals surface area contributed by atoms with E-state index in [4.69, 9.17) is 9.52 Å². The van der Waals surface area contributed by atoms with Gasteiger partial charge in [-0.05, 0) is 48.5 Å². The van der Waals surface area contributed by atoms with Crippen LogP contribution in [0.5, 0.6) is 0 Å². The Morgan fingerprint density at radius 3 is 2.33 bits per heavy atom. The average molecular weight is 499 g/mol. The molecular formula is C28H26N4O3S. The molecule has 8 heteroatoms. The van der Waals surface area contributed by atoms with E-state index in [-0.39, 0.29) is 4.90 Å². The zero-order valence-electron chi connectivity index (χ0n) is 20.1. The highest BCUT2D eigenvalue weighted by atomic mass is 32.2. The maximum atomic E-state index is 12.8. The molecule has 5 aromatic rings. The molecule has 3 aromatic carbocycles. The summed E-state index contributed by atoms with van der Waals surface area (Å²) in [5.41, 5.74) is 3.78. The van der Waals surface area contributed by atoms with E-state index >= 15 is 0 Å². The van der Waals surface area contributed by atoms with Gasteiger partial charge in [0.1, 0.15) is 11.3 Å². The van der Waals surface area contributed by atoms with Crippen molar-refractivity contribution in [1.82, 2.24) is 14.1 Å². The van der Waals surface area contributed by atoms with Crippen LogP contribution in [-0.2, 0) is 10.0 Å². The summed E-state index contributed by atoms with van der Waals surface area (Å²) < 4.78 is 34.8. The predicted octanol–water partition coefficient (Wildman–Crippen LogP) is 6.07. The first-order valence-corrected chi connectivity index (χ1v) is 13.2. The molecule has 0 atom stereocenters. The third kappa shape index (κ3) is 4.60. The molecule has 0 N–H and O–H groups in total. The molecule has 5 rings (SSSR count). The highest BCUT2D eigenvalue weighted by Crippen LogP contribution is 2.30. The van der Waals surface area contributed by atoms with Crippen molar-refractivity contribution in [3.05, 3.63) is 96.7 Å². The number of furan rings is 1. The van der Waals surface area contributed by atoms with Crippen molar-refractivity contribution in [3.8, 4) is 17.1 Å². The first-order valence-electron chi connectivity index (χ1n) is 11.8. The van der Waals surface area contributed by atoms with E-state index in [2.05, 4.69) is 4.99 Å². The predicted molar refractivity (Wildman–Crippen MR) is 143 cm³/mol. The van der Waals surface area contributed by atoms with E-state index < -0.39 is 10.0 Å². The van der Waals surface area contributed by atoms with Gasteiger partial charge in [0.05, 0.1) is 16.3 Å². The highest BCUT2D eigenvalue weighted by molar-refractivity contribution is 7.89. The molecule has 2 aromatic heterocycles. The monoisotopic (exact) mass is 498 g/mol. The second-order valence-corrected chi connectivity index (χ2v) is 10.1. The van der Waals surface area contributed by atoms with Crippen molar-refractivity contribution >= 4 is 32.9 Å². The molecule has 0 bridgehead atoms. The number of nitrogens with zero attached hydrogens (tertiary/aromatic N) is 4. The van der Waals surface area contributed by atoms with Gasteiger partial charge in [0.2, 0.25) is 10.0 Å². The van der Waals surface area contributed by atoms with E-state index in [9.17, 15) is 8.42 Å². The number of sulfonamides is 1. The van der Waals surface area contributed by atoms with E-state index in [1.165, 1.54) is 4.31 Å². The number of hydrogen-bond acceptors (Lipinski definition) is 5. The van der Waals surface area contributed by atoms with Gasteiger partial charge in [-0.1, -0.05) is 50.2 Å². The third-order valence-electron chi connectivity index (χ3n) is 5.95. The Labute approximate surface area is 210 Å². The molecule has 2 heterocycles. The largest absolute Gasteiger partial charge is 0.454 e. The van der Waals surface area contributed by atoms with Gasteiger partial charge in [0, 0.05) is 36.5 Å². The number of aromatic nitrogens is 2. The zero-order valence-corrected chi connectivity index (χ0v) is 20.9. The number of para-hydroxylation sites is 2. The molecule has 0 amide bonds. The lowest BCUT2D eigenvalue weighted by atomic mass is 10.2. The lowest BCUT2D eigenvalue weighted by molar-refractivity contribution is 0.445. The molecular weight excluding hydrogens is 472 g/mol. The van der Waals surface area contributed by atoms with Crippen molar-refractivity contribution in [2.45, 2.75) is 18.7 Å². The normalized spacial score (nSPS) is 12.2. The van der Waals surface area contributed by atoms with Crippen LogP contribution in [0.2, 0.25) is 0 Å². The molecule has 7 nitrogen and oxygen atoms in total. The van der Waals surface area contributed by atoms with Crippen molar-refractivity contribution in [3.63, 3.8) is 0 Å². The Bertz CT molecular complexity index is 1580. The summed E-state index contributed by atoms with van der Waals surface area (Å²) in [6.45, 7) is 4.51. The van der Waals surface area contributed by atoms with Gasteiger partial charge in [-0.15, -0.1) is 0 Å². The maximum absolute atomic E-state index is 12.8. The van der Waals surface area contributed by atoms with Crippen LogP contribution in [0.3, 0.4) is 0 Å². The lowest BCUT2D eigenvalue weighted by Crippen LogP contribution is -2.30. The first-order chi connectivity index (χ1) is 17.5. The molecule has 0 saturated carbocycles. The van der Waals surface area contributed by atoms with Gasteiger partial charge < -0.3 is 4.42 Å². The van der Waals surface area contributed by atoms with E-state index in [0.29, 0.717) is 30.2 Å². The first kappa shape index (κ1) is 23.7. The van der Waals surface area contributed by atoms with E-state index in [1.807, 2.05) is 80.7 Å². The maximum Gasteiger partial charge on any atom is 0.243 e. The number of rotatable bonds is 8. The number of hydrogen-bond donors (Lipinski definition) is 0. The Hall–Kier alpha value is -4.01. The Balaban J connectivity index is 1.50. The smallest absolute Gasteiger partial charge is 0.243 e. The molecule has 0 saturated heterocycles. The van der Waals surface area contributed by atoms with Gasteiger partial charge >= 0.3 is 0 Å². The molecule has 0 unspecified atom stereocenters. The number of benzene rings is 3. The summed E-state index contributed by atoms with van der Waals surface area (Å²) in [5.74, 6) is 0.646. The van der Waals surface area contributed by atoms with Gasteiger partial charge in [-0.3, -0.25) is 4.99 Å². The van der Waals surface area contributed by atoms with E-state index in [1.54, 1.807) is 35.2 Å². The van der Waals surface area contributed by atoms with Crippen LogP contribution in [0.1, 0.15) is 19.4 Å². The molecule has 0 aliphatic heterocycles. The SMILES string of the molecule is CCN(CC)S(=O)(=O)c1ccc(N=Cc2cn(-c3ccccc3)nc2-c2cc3ccccc3o2)cc1. The molecule has 0 radical (unpaired) electrons. The highest BCUT2D eigenvalue weighted by Gasteiger charge is 2.21. The summed E-state index contributed by atoms with van der Waals surface area (Å²) in [6, 6.07) is 26.2. The Morgan fingerprint density at radius 1 is 0.944 bits per heavy atom. The van der Waals surface area contributed by atoms with Crippen molar-refractivity contribution < 1.29 is 12.8 Å². The summed E-state index contributed by atoms with van der Waals surface area (Å²) in [4.78, 5) is 4.86. The molecule has 0 fully saturated rings. The van der Waals surface area contributed by atoms with Crippen molar-refractivity contribution in [2.24, 2.45) is 4.99 Å². The minimum Gasteiger partial charge on any atom is -0.454 e. The Morgan fingerprint density at radius 2 is 1.64 bits per heavy atom. The molecule has 182 valence electrons. The quantitative estimate of drug-likeness (QED) is 0.243. The summed E-state index contributed by atoms with van der Waals surface area (Å²) in [6.07, 6.45) is 3.63. The molecule has 0 aliphatic rings. The summed E-state index contributed by atoms with van der Waals surface area (Å²) >= 11 is 0. The minimum absolute atomic E-state index is 0.255. The van der Waals surface area contributed by atoms with Crippen LogP contribution in [0.4, 0.5) is 5.69 Å². The topological polar surface area (TPSA) is 80.7 Å². The fourth-order valence-corrected chi connectivity index (χ4v) is 5.50. The summed E-state index contributed by atoms with van der Waals surface area (Å²) in [7, 11) is -3.51. The van der Waals surface area contributed by atoms with Crippen LogP contribution < -0.4 is 0 Å². The standard InChI is InChI=1S/C28H26N4O3S/c1-3-31(4-2)36(33,34)25-16-14-23(15-17-25)29-19-22-20-32(24-11-6-5-7-12-24)30-28(22)27-18-21-10-8-9-13-26(21)35-27/h5-20H,3-4H2,1-2H3. The van der Waals surface area contributed by atoms with Crippen molar-refractivity contribution in [2.75, 3.05) is 13.1 Å². The van der Waals surface area contributed by atoms with Crippen LogP contribution >= 0.6 is 0 Å². The zero-order chi connectivity index (χ0) is 25.1. The van der Waals surface area contributed by atoms with Gasteiger partial charge in [-0.25, -0.2) is 13.1 Å². The van der Waals surface area contributed by atoms with Gasteiger partial charge in [0.15, 0.2) is 5.76 Å². The second-order valence-electron chi connectivity index (χ2n) is 8.20. The van der Waals surface area contributed by atoms with Gasteiger partial charge in [-0.2, -0.15) is 9.40 Å². The lowest BCUT2D eigenvalue weighted by Gasteiger charge is -2.18. The minimum atomic E-state index is -3.51. The third-order valence-corrected chi connectivity index (χ3v) is 8.02. The van der Waals surface area contributed by atoms with Crippen LogP contribution in [0, 0.1) is 0 Å². The fourth-order valence-electron chi connectivity index (χ4n) is 4.05.